The smallest absolute Gasteiger partial charge is 0.145 e. The molecule has 1 aliphatic rings. The molecule has 0 N–H and O–H groups in total. The maximum atomic E-state index is 6.86. The molecule has 2 nitrogen and oxygen atoms in total. The molecule has 0 spiro atoms. The zero-order valence-corrected chi connectivity index (χ0v) is 20.7. The summed E-state index contributed by atoms with van der Waals surface area (Å²) >= 11 is 0. The first kappa shape index (κ1) is 21.2. The molecular weight excluding hydrogens is 414 g/mol. The van der Waals surface area contributed by atoms with Gasteiger partial charge in [-0.1, -0.05) is 76.2 Å². The van der Waals surface area contributed by atoms with Gasteiger partial charge in [-0.3, -0.25) is 4.98 Å². The number of aryl methyl sites for hydroxylation is 1. The fraction of sp³-hybridized carbons (Fsp3) is 0.281. The van der Waals surface area contributed by atoms with Crippen molar-refractivity contribution in [2.75, 3.05) is 0 Å². The second-order valence-corrected chi connectivity index (χ2v) is 10.1. The largest absolute Gasteiger partial charge is 0.455 e. The summed E-state index contributed by atoms with van der Waals surface area (Å²) in [5, 5.41) is 2.35. The summed E-state index contributed by atoms with van der Waals surface area (Å²) in [6, 6.07) is 22.3. The zero-order valence-electron chi connectivity index (χ0n) is 20.7. The van der Waals surface area contributed by atoms with E-state index < -0.39 is 0 Å². The van der Waals surface area contributed by atoms with Gasteiger partial charge in [0.05, 0.1) is 5.69 Å². The topological polar surface area (TPSA) is 26.0 Å². The van der Waals surface area contributed by atoms with E-state index in [4.69, 9.17) is 9.40 Å². The summed E-state index contributed by atoms with van der Waals surface area (Å²) in [4.78, 5) is 4.77. The van der Waals surface area contributed by atoms with Gasteiger partial charge in [0.25, 0.3) is 0 Å². The SMILES string of the molecule is CCC1(CC)c2ccccc2-c2c1ccc1c2oc2c(-c3cc(C(C)C)ccn3)c(C)ccc21. The fourth-order valence-corrected chi connectivity index (χ4v) is 6.20. The lowest BCUT2D eigenvalue weighted by atomic mass is 9.74. The number of hydrogen-bond acceptors (Lipinski definition) is 2. The van der Waals surface area contributed by atoms with Gasteiger partial charge in [-0.25, -0.2) is 0 Å². The van der Waals surface area contributed by atoms with E-state index in [1.165, 1.54) is 38.8 Å². The standard InChI is InChI=1S/C32H31NO/c1-6-32(7-2)25-11-9-8-10-24(25)29-26(32)15-14-23-22-13-12-20(5)28(30(22)34-31(23)29)27-18-21(19(3)4)16-17-33-27/h8-19H,6-7H2,1-5H3. The highest BCUT2D eigenvalue weighted by molar-refractivity contribution is 6.14. The highest BCUT2D eigenvalue weighted by Crippen LogP contribution is 2.55. The number of aromatic nitrogens is 1. The number of benzene rings is 3. The first-order chi connectivity index (χ1) is 16.5. The molecule has 0 saturated heterocycles. The van der Waals surface area contributed by atoms with Crippen molar-refractivity contribution in [2.24, 2.45) is 0 Å². The summed E-state index contributed by atoms with van der Waals surface area (Å²) in [6.45, 7) is 11.2. The van der Waals surface area contributed by atoms with Crippen LogP contribution in [0.3, 0.4) is 0 Å². The van der Waals surface area contributed by atoms with Gasteiger partial charge in [-0.05, 0) is 65.6 Å². The van der Waals surface area contributed by atoms with Crippen LogP contribution < -0.4 is 0 Å². The molecule has 0 aliphatic heterocycles. The first-order valence-electron chi connectivity index (χ1n) is 12.6. The Labute approximate surface area is 201 Å². The van der Waals surface area contributed by atoms with Gasteiger partial charge < -0.3 is 4.42 Å². The fourth-order valence-electron chi connectivity index (χ4n) is 6.20. The van der Waals surface area contributed by atoms with E-state index in [2.05, 4.69) is 95.3 Å². The Bertz CT molecular complexity index is 1570. The molecule has 2 heteroatoms. The molecule has 0 bridgehead atoms. The lowest BCUT2D eigenvalue weighted by Crippen LogP contribution is -2.22. The number of fused-ring (bicyclic) bond motifs is 7. The molecule has 0 amide bonds. The van der Waals surface area contributed by atoms with Gasteiger partial charge in [-0.2, -0.15) is 0 Å². The Kier molecular flexibility index (Phi) is 4.71. The summed E-state index contributed by atoms with van der Waals surface area (Å²) in [7, 11) is 0. The number of pyridine rings is 1. The van der Waals surface area contributed by atoms with Gasteiger partial charge in [0.2, 0.25) is 0 Å². The van der Waals surface area contributed by atoms with Crippen molar-refractivity contribution in [3.63, 3.8) is 0 Å². The van der Waals surface area contributed by atoms with Gasteiger partial charge in [0, 0.05) is 33.5 Å². The number of rotatable bonds is 4. The molecule has 34 heavy (non-hydrogen) atoms. The van der Waals surface area contributed by atoms with Gasteiger partial charge in [0.15, 0.2) is 0 Å². The number of furan rings is 1. The third kappa shape index (κ3) is 2.72. The maximum absolute atomic E-state index is 6.86. The quantitative estimate of drug-likeness (QED) is 0.275. The van der Waals surface area contributed by atoms with Crippen molar-refractivity contribution in [3.05, 3.63) is 89.1 Å². The summed E-state index contributed by atoms with van der Waals surface area (Å²) < 4.78 is 6.86. The Morgan fingerprint density at radius 2 is 1.53 bits per heavy atom. The Morgan fingerprint density at radius 1 is 0.824 bits per heavy atom. The van der Waals surface area contributed by atoms with Crippen molar-refractivity contribution >= 4 is 21.9 Å². The second kappa shape index (κ2) is 7.56. The summed E-state index contributed by atoms with van der Waals surface area (Å²) in [5.41, 5.74) is 12.0. The van der Waals surface area contributed by atoms with Crippen LogP contribution in [0.25, 0.3) is 44.3 Å². The highest BCUT2D eigenvalue weighted by atomic mass is 16.3. The molecule has 2 aromatic heterocycles. The molecule has 0 fully saturated rings. The Hall–Kier alpha value is -3.39. The van der Waals surface area contributed by atoms with Crippen LogP contribution >= 0.6 is 0 Å². The Morgan fingerprint density at radius 3 is 2.26 bits per heavy atom. The first-order valence-corrected chi connectivity index (χ1v) is 12.6. The minimum Gasteiger partial charge on any atom is -0.455 e. The van der Waals surface area contributed by atoms with E-state index in [0.29, 0.717) is 5.92 Å². The van der Waals surface area contributed by atoms with Crippen LogP contribution in [0.5, 0.6) is 0 Å². The predicted molar refractivity (Wildman–Crippen MR) is 143 cm³/mol. The average Bonchev–Trinajstić information content (AvgIpc) is 3.37. The molecule has 170 valence electrons. The lowest BCUT2D eigenvalue weighted by molar-refractivity contribution is 0.490. The van der Waals surface area contributed by atoms with E-state index in [1.54, 1.807) is 0 Å². The van der Waals surface area contributed by atoms with Crippen LogP contribution in [0.15, 0.2) is 71.3 Å². The van der Waals surface area contributed by atoms with Crippen LogP contribution in [0, 0.1) is 6.92 Å². The maximum Gasteiger partial charge on any atom is 0.145 e. The van der Waals surface area contributed by atoms with E-state index in [9.17, 15) is 0 Å². The number of nitrogens with zero attached hydrogens (tertiary/aromatic N) is 1. The van der Waals surface area contributed by atoms with Crippen molar-refractivity contribution in [1.29, 1.82) is 0 Å². The van der Waals surface area contributed by atoms with Crippen molar-refractivity contribution in [3.8, 4) is 22.4 Å². The second-order valence-electron chi connectivity index (χ2n) is 10.1. The highest BCUT2D eigenvalue weighted by Gasteiger charge is 2.42. The van der Waals surface area contributed by atoms with Gasteiger partial charge >= 0.3 is 0 Å². The zero-order chi connectivity index (χ0) is 23.6. The van der Waals surface area contributed by atoms with Crippen LogP contribution in [0.4, 0.5) is 0 Å². The summed E-state index contributed by atoms with van der Waals surface area (Å²) in [5.74, 6) is 0.452. The third-order valence-electron chi connectivity index (χ3n) is 8.16. The van der Waals surface area contributed by atoms with Crippen LogP contribution in [0.1, 0.15) is 68.7 Å². The molecule has 0 radical (unpaired) electrons. The van der Waals surface area contributed by atoms with Crippen molar-refractivity contribution < 1.29 is 4.42 Å². The molecule has 0 saturated carbocycles. The minimum atomic E-state index is 0.0466. The molecule has 0 atom stereocenters. The molecular formula is C32H31NO. The minimum absolute atomic E-state index is 0.0466. The summed E-state index contributed by atoms with van der Waals surface area (Å²) in [6.07, 6.45) is 4.08. The molecule has 2 heterocycles. The molecule has 6 rings (SSSR count). The van der Waals surface area contributed by atoms with E-state index >= 15 is 0 Å². The lowest BCUT2D eigenvalue weighted by Gasteiger charge is -2.29. The predicted octanol–water partition coefficient (Wildman–Crippen LogP) is 9.17. The molecule has 3 aromatic carbocycles. The molecule has 5 aromatic rings. The van der Waals surface area contributed by atoms with E-state index in [1.807, 2.05) is 6.20 Å². The van der Waals surface area contributed by atoms with Gasteiger partial charge in [0.1, 0.15) is 11.2 Å². The van der Waals surface area contributed by atoms with Crippen LogP contribution in [-0.2, 0) is 5.41 Å². The van der Waals surface area contributed by atoms with Gasteiger partial charge in [-0.15, -0.1) is 0 Å². The molecule has 1 aliphatic carbocycles. The van der Waals surface area contributed by atoms with Crippen LogP contribution in [0.2, 0.25) is 0 Å². The number of hydrogen-bond donors (Lipinski definition) is 0. The van der Waals surface area contributed by atoms with E-state index in [0.717, 1.165) is 40.7 Å². The van der Waals surface area contributed by atoms with E-state index in [-0.39, 0.29) is 5.41 Å². The third-order valence-corrected chi connectivity index (χ3v) is 8.16. The monoisotopic (exact) mass is 445 g/mol. The Balaban J connectivity index is 1.71. The van der Waals surface area contributed by atoms with Crippen molar-refractivity contribution in [2.45, 2.75) is 58.8 Å². The van der Waals surface area contributed by atoms with Crippen LogP contribution in [-0.4, -0.2) is 4.98 Å². The average molecular weight is 446 g/mol. The molecule has 0 unspecified atom stereocenters. The van der Waals surface area contributed by atoms with Crippen molar-refractivity contribution in [1.82, 2.24) is 4.98 Å². The normalized spacial score (nSPS) is 14.2.